The molecule has 2 atom stereocenters. The number of hydrogen-bond acceptors (Lipinski definition) is 4. The van der Waals surface area contributed by atoms with Crippen molar-refractivity contribution in [1.82, 2.24) is 5.32 Å². The highest BCUT2D eigenvalue weighted by Gasteiger charge is 2.32. The summed E-state index contributed by atoms with van der Waals surface area (Å²) >= 11 is 0. The van der Waals surface area contributed by atoms with Crippen LogP contribution in [0.25, 0.3) is 0 Å². The van der Waals surface area contributed by atoms with Crippen molar-refractivity contribution >= 4 is 21.4 Å². The lowest BCUT2D eigenvalue weighted by molar-refractivity contribution is -0.121. The summed E-state index contributed by atoms with van der Waals surface area (Å²) in [6.07, 6.45) is 0.681. The number of amides is 1. The van der Waals surface area contributed by atoms with Gasteiger partial charge in [-0.1, -0.05) is 6.92 Å². The molecule has 1 rings (SSSR count). The summed E-state index contributed by atoms with van der Waals surface area (Å²) in [4.78, 5) is 11.5. The molecular weight excluding hydrogens is 283 g/mol. The van der Waals surface area contributed by atoms with Gasteiger partial charge in [0.25, 0.3) is 0 Å². The first kappa shape index (κ1) is 16.4. The lowest BCUT2D eigenvalue weighted by Gasteiger charge is -2.17. The highest BCUT2D eigenvalue weighted by molar-refractivity contribution is 7.93. The van der Waals surface area contributed by atoms with E-state index in [2.05, 4.69) is 5.32 Å². The van der Waals surface area contributed by atoms with Gasteiger partial charge in [-0.15, -0.1) is 0 Å². The van der Waals surface area contributed by atoms with E-state index in [0.717, 1.165) is 12.1 Å². The Morgan fingerprint density at radius 1 is 1.40 bits per heavy atom. The van der Waals surface area contributed by atoms with Crippen molar-refractivity contribution in [1.29, 1.82) is 0 Å². The zero-order chi connectivity index (χ0) is 15.5. The number of anilines is 1. The Bertz CT molecular complexity index is 602. The summed E-state index contributed by atoms with van der Waals surface area (Å²) in [5, 5.41) is 1.25. The zero-order valence-electron chi connectivity index (χ0n) is 11.7. The quantitative estimate of drug-likeness (QED) is 0.806. The highest BCUT2D eigenvalue weighted by Crippen LogP contribution is 2.23. The maximum absolute atomic E-state index is 13.2. The normalized spacial score (nSPS) is 14.6. The monoisotopic (exact) mass is 302 g/mol. The average Bonchev–Trinajstić information content (AvgIpc) is 2.40. The lowest BCUT2D eigenvalue weighted by atomic mass is 10.2. The first-order valence-electron chi connectivity index (χ1n) is 6.29. The Morgan fingerprint density at radius 2 is 2.00 bits per heavy atom. The van der Waals surface area contributed by atoms with E-state index in [1.54, 1.807) is 6.92 Å². The summed E-state index contributed by atoms with van der Waals surface area (Å²) in [5.74, 6) is -1.34. The first-order valence-corrected chi connectivity index (χ1v) is 7.84. The van der Waals surface area contributed by atoms with E-state index in [1.807, 2.05) is 6.92 Å². The Labute approximate surface area is 118 Å². The van der Waals surface area contributed by atoms with E-state index < -0.39 is 26.8 Å². The van der Waals surface area contributed by atoms with Crippen molar-refractivity contribution in [2.45, 2.75) is 43.4 Å². The van der Waals surface area contributed by atoms with Gasteiger partial charge in [0.2, 0.25) is 5.91 Å². The fourth-order valence-corrected chi connectivity index (χ4v) is 2.95. The van der Waals surface area contributed by atoms with Crippen molar-refractivity contribution in [2.24, 2.45) is 0 Å². The standard InChI is InChI=1S/C13H19FN2O3S/c1-4-8(2)16-13(17)9(3)20(18,19)12-7-10(14)5-6-11(12)15/h5-9H,4,15H2,1-3H3,(H,16,17). The molecule has 0 aliphatic carbocycles. The van der Waals surface area contributed by atoms with Gasteiger partial charge in [-0.2, -0.15) is 0 Å². The predicted molar refractivity (Wildman–Crippen MR) is 75.4 cm³/mol. The molecule has 112 valence electrons. The van der Waals surface area contributed by atoms with Gasteiger partial charge >= 0.3 is 0 Å². The first-order chi connectivity index (χ1) is 9.20. The van der Waals surface area contributed by atoms with Crippen molar-refractivity contribution in [3.8, 4) is 0 Å². The molecular formula is C13H19FN2O3S. The lowest BCUT2D eigenvalue weighted by Crippen LogP contribution is -2.42. The molecule has 1 aromatic carbocycles. The summed E-state index contributed by atoms with van der Waals surface area (Å²) in [6, 6.07) is 2.93. The maximum atomic E-state index is 13.2. The molecule has 5 nitrogen and oxygen atoms in total. The van der Waals surface area contributed by atoms with Gasteiger partial charge in [0.1, 0.15) is 11.1 Å². The molecule has 0 fully saturated rings. The van der Waals surface area contributed by atoms with E-state index in [-0.39, 0.29) is 16.6 Å². The van der Waals surface area contributed by atoms with Crippen LogP contribution < -0.4 is 11.1 Å². The van der Waals surface area contributed by atoms with E-state index in [1.165, 1.54) is 13.0 Å². The number of halogens is 1. The summed E-state index contributed by atoms with van der Waals surface area (Å²) in [7, 11) is -4.02. The second kappa shape index (κ2) is 6.21. The van der Waals surface area contributed by atoms with Gasteiger partial charge in [0.15, 0.2) is 9.84 Å². The van der Waals surface area contributed by atoms with Crippen LogP contribution in [0.4, 0.5) is 10.1 Å². The Morgan fingerprint density at radius 3 is 2.55 bits per heavy atom. The fourth-order valence-electron chi connectivity index (χ4n) is 1.55. The smallest absolute Gasteiger partial charge is 0.238 e. The van der Waals surface area contributed by atoms with E-state index in [0.29, 0.717) is 6.42 Å². The molecule has 0 aliphatic heterocycles. The van der Waals surface area contributed by atoms with Crippen LogP contribution in [0, 0.1) is 5.82 Å². The number of nitrogen functional groups attached to an aromatic ring is 1. The summed E-state index contributed by atoms with van der Waals surface area (Å²) < 4.78 is 37.8. The minimum atomic E-state index is -4.02. The average molecular weight is 302 g/mol. The molecule has 0 spiro atoms. The maximum Gasteiger partial charge on any atom is 0.238 e. The number of hydrogen-bond donors (Lipinski definition) is 2. The van der Waals surface area contributed by atoms with Gasteiger partial charge in [0, 0.05) is 6.04 Å². The molecule has 20 heavy (non-hydrogen) atoms. The molecule has 1 aromatic rings. The van der Waals surface area contributed by atoms with Crippen molar-refractivity contribution in [2.75, 3.05) is 5.73 Å². The number of benzene rings is 1. The van der Waals surface area contributed by atoms with Gasteiger partial charge in [0.05, 0.1) is 10.6 Å². The minimum Gasteiger partial charge on any atom is -0.398 e. The van der Waals surface area contributed by atoms with Gasteiger partial charge in [-0.25, -0.2) is 12.8 Å². The second-order valence-corrected chi connectivity index (χ2v) is 6.92. The van der Waals surface area contributed by atoms with Gasteiger partial charge in [-0.3, -0.25) is 4.79 Å². The molecule has 1 amide bonds. The number of nitrogens with two attached hydrogens (primary N) is 1. The molecule has 2 unspecified atom stereocenters. The third-order valence-corrected chi connectivity index (χ3v) is 5.23. The van der Waals surface area contributed by atoms with Crippen LogP contribution in [-0.4, -0.2) is 25.6 Å². The molecule has 7 heteroatoms. The molecule has 0 heterocycles. The molecule has 0 saturated carbocycles. The largest absolute Gasteiger partial charge is 0.398 e. The summed E-state index contributed by atoms with van der Waals surface area (Å²) in [5.41, 5.74) is 5.49. The third kappa shape index (κ3) is 3.47. The highest BCUT2D eigenvalue weighted by atomic mass is 32.2. The number of rotatable bonds is 5. The van der Waals surface area contributed by atoms with Gasteiger partial charge < -0.3 is 11.1 Å². The van der Waals surface area contributed by atoms with Crippen LogP contribution in [-0.2, 0) is 14.6 Å². The summed E-state index contributed by atoms with van der Waals surface area (Å²) in [6.45, 7) is 4.90. The van der Waals surface area contributed by atoms with E-state index in [9.17, 15) is 17.6 Å². The number of sulfone groups is 1. The van der Waals surface area contributed by atoms with Crippen LogP contribution in [0.15, 0.2) is 23.1 Å². The molecule has 0 aliphatic rings. The van der Waals surface area contributed by atoms with E-state index >= 15 is 0 Å². The number of nitrogens with one attached hydrogen (secondary N) is 1. The van der Waals surface area contributed by atoms with Crippen LogP contribution in [0.3, 0.4) is 0 Å². The van der Waals surface area contributed by atoms with Crippen molar-refractivity contribution in [3.05, 3.63) is 24.0 Å². The Kier molecular flexibility index (Phi) is 5.10. The van der Waals surface area contributed by atoms with Crippen LogP contribution in [0.1, 0.15) is 27.2 Å². The Hall–Kier alpha value is -1.63. The van der Waals surface area contributed by atoms with Crippen LogP contribution in [0.2, 0.25) is 0 Å². The van der Waals surface area contributed by atoms with Crippen LogP contribution in [0.5, 0.6) is 0 Å². The van der Waals surface area contributed by atoms with Gasteiger partial charge in [-0.05, 0) is 38.5 Å². The SMILES string of the molecule is CCC(C)NC(=O)C(C)S(=O)(=O)c1cc(F)ccc1N. The number of carbonyl (C=O) groups excluding carboxylic acids is 1. The van der Waals surface area contributed by atoms with E-state index in [4.69, 9.17) is 5.73 Å². The molecule has 0 bridgehead atoms. The Balaban J connectivity index is 3.10. The fraction of sp³-hybridized carbons (Fsp3) is 0.462. The predicted octanol–water partition coefficient (Wildman–Crippen LogP) is 1.48. The molecule has 0 radical (unpaired) electrons. The zero-order valence-corrected chi connectivity index (χ0v) is 12.5. The van der Waals surface area contributed by atoms with Crippen molar-refractivity contribution < 1.29 is 17.6 Å². The minimum absolute atomic E-state index is 0.0745. The van der Waals surface area contributed by atoms with Crippen LogP contribution >= 0.6 is 0 Å². The third-order valence-electron chi connectivity index (χ3n) is 3.12. The molecule has 3 N–H and O–H groups in total. The number of carbonyl (C=O) groups is 1. The topological polar surface area (TPSA) is 89.3 Å². The van der Waals surface area contributed by atoms with Crippen molar-refractivity contribution in [3.63, 3.8) is 0 Å². The second-order valence-electron chi connectivity index (χ2n) is 4.69. The molecule has 0 saturated heterocycles. The molecule has 0 aromatic heterocycles.